The fourth-order valence-corrected chi connectivity index (χ4v) is 6.87. The first kappa shape index (κ1) is 29.6. The molecular weight excluding hydrogens is 500 g/mol. The molecule has 214 valence electrons. The summed E-state index contributed by atoms with van der Waals surface area (Å²) in [6, 6.07) is 9.54. The van der Waals surface area contributed by atoms with Crippen LogP contribution in [0.25, 0.3) is 6.08 Å². The predicted octanol–water partition coefficient (Wildman–Crippen LogP) is 7.61. The van der Waals surface area contributed by atoms with E-state index in [2.05, 4.69) is 39.2 Å². The lowest BCUT2D eigenvalue weighted by Gasteiger charge is -2.40. The number of benzene rings is 1. The second kappa shape index (κ2) is 11.3. The first-order valence-corrected chi connectivity index (χ1v) is 14.3. The topological polar surface area (TPSA) is 61.8 Å². The van der Waals surface area contributed by atoms with Crippen molar-refractivity contribution in [1.29, 1.82) is 0 Å². The number of fused-ring (bicyclic) bond motifs is 2. The van der Waals surface area contributed by atoms with E-state index in [1.165, 1.54) is 6.08 Å². The number of carbonyl (C=O) groups excluding carboxylic acids is 2. The zero-order valence-electron chi connectivity index (χ0n) is 25.0. The van der Waals surface area contributed by atoms with Gasteiger partial charge in [0.1, 0.15) is 12.2 Å². The van der Waals surface area contributed by atoms with Gasteiger partial charge in [-0.1, -0.05) is 76.4 Å². The van der Waals surface area contributed by atoms with Crippen LogP contribution in [0.1, 0.15) is 66.9 Å². The van der Waals surface area contributed by atoms with Crippen LogP contribution in [0.4, 0.5) is 0 Å². The molecule has 0 bridgehead atoms. The number of hydrogen-bond donors (Lipinski definition) is 0. The summed E-state index contributed by atoms with van der Waals surface area (Å²) in [5.74, 6) is 0.261. The highest BCUT2D eigenvalue weighted by atomic mass is 16.6. The zero-order chi connectivity index (χ0) is 29.4. The normalized spacial score (nSPS) is 35.6. The van der Waals surface area contributed by atoms with Crippen molar-refractivity contribution in [3.63, 3.8) is 0 Å². The van der Waals surface area contributed by atoms with Gasteiger partial charge in [-0.2, -0.15) is 0 Å². The van der Waals surface area contributed by atoms with Gasteiger partial charge in [-0.15, -0.1) is 0 Å². The Morgan fingerprint density at radius 1 is 1.05 bits per heavy atom. The van der Waals surface area contributed by atoms with Gasteiger partial charge in [-0.05, 0) is 80.1 Å². The third-order valence-corrected chi connectivity index (χ3v) is 9.02. The van der Waals surface area contributed by atoms with E-state index in [0.717, 1.165) is 17.6 Å². The van der Waals surface area contributed by atoms with Crippen molar-refractivity contribution >= 4 is 17.8 Å². The molecule has 2 fully saturated rings. The second-order valence-corrected chi connectivity index (χ2v) is 12.6. The molecule has 2 saturated carbocycles. The number of ketones is 1. The number of carbonyl (C=O) groups is 2. The minimum absolute atomic E-state index is 0.0818. The molecule has 5 heteroatoms. The van der Waals surface area contributed by atoms with Gasteiger partial charge in [0.05, 0.1) is 17.4 Å². The summed E-state index contributed by atoms with van der Waals surface area (Å²) >= 11 is 0. The molecule has 5 nitrogen and oxygen atoms in total. The molecule has 7 atom stereocenters. The van der Waals surface area contributed by atoms with Crippen LogP contribution in [0.5, 0.6) is 0 Å². The number of ether oxygens (including phenoxy) is 3. The van der Waals surface area contributed by atoms with Crippen molar-refractivity contribution in [3.05, 3.63) is 89.9 Å². The standard InChI is InChI=1S/C35H44O5/c1-21(2)38-31-23(5)15-17-27-28(34(27,8)9)19-24(6)33(37)35(20-25(7)32(30(31)35)39-22(3)4)40-29(36)18-16-26-13-11-10-12-14-26/h10-16,18-19,25,27-28,30-32H,1,3,17,20H2,2,4-9H3/b18-16+,23-15-,24-19+/t25-,27-,28+,30-,31-,32-,35+/m0/s1. The zero-order valence-corrected chi connectivity index (χ0v) is 25.0. The smallest absolute Gasteiger partial charge is 0.331 e. The average molecular weight is 545 g/mol. The number of Topliss-reactive ketones (excluding diaryl/α,β-unsaturated/α-hetero) is 1. The van der Waals surface area contributed by atoms with E-state index in [1.54, 1.807) is 19.9 Å². The van der Waals surface area contributed by atoms with E-state index >= 15 is 0 Å². The lowest BCUT2D eigenvalue weighted by atomic mass is 9.77. The van der Waals surface area contributed by atoms with E-state index in [9.17, 15) is 9.59 Å². The van der Waals surface area contributed by atoms with Crippen LogP contribution in [0.3, 0.4) is 0 Å². The van der Waals surface area contributed by atoms with Gasteiger partial charge in [-0.3, -0.25) is 4.79 Å². The third-order valence-electron chi connectivity index (χ3n) is 9.02. The highest BCUT2D eigenvalue weighted by molar-refractivity contribution is 6.04. The maximum Gasteiger partial charge on any atom is 0.331 e. The highest BCUT2D eigenvalue weighted by Crippen LogP contribution is 2.62. The van der Waals surface area contributed by atoms with Gasteiger partial charge in [0.25, 0.3) is 0 Å². The lowest BCUT2D eigenvalue weighted by molar-refractivity contribution is -0.173. The molecule has 0 radical (unpaired) electrons. The fraction of sp³-hybridized carbons (Fsp3) is 0.486. The molecular formula is C35H44O5. The molecule has 3 aliphatic carbocycles. The van der Waals surface area contributed by atoms with Gasteiger partial charge >= 0.3 is 5.97 Å². The Kier molecular flexibility index (Phi) is 8.35. The molecule has 0 amide bonds. The fourth-order valence-electron chi connectivity index (χ4n) is 6.87. The summed E-state index contributed by atoms with van der Waals surface area (Å²) < 4.78 is 19.1. The molecule has 0 aliphatic heterocycles. The average Bonchev–Trinajstić information content (AvgIpc) is 3.28. The second-order valence-electron chi connectivity index (χ2n) is 12.6. The molecule has 0 unspecified atom stereocenters. The van der Waals surface area contributed by atoms with Crippen LogP contribution >= 0.6 is 0 Å². The quantitative estimate of drug-likeness (QED) is 0.153. The first-order chi connectivity index (χ1) is 18.8. The van der Waals surface area contributed by atoms with E-state index in [4.69, 9.17) is 14.2 Å². The summed E-state index contributed by atoms with van der Waals surface area (Å²) in [6.45, 7) is 22.0. The molecule has 40 heavy (non-hydrogen) atoms. The number of hydrogen-bond acceptors (Lipinski definition) is 5. The van der Waals surface area contributed by atoms with Gasteiger partial charge in [0, 0.05) is 12.5 Å². The minimum Gasteiger partial charge on any atom is -0.495 e. The van der Waals surface area contributed by atoms with Crippen molar-refractivity contribution in [2.45, 2.75) is 79.1 Å². The van der Waals surface area contributed by atoms with Crippen molar-refractivity contribution in [1.82, 2.24) is 0 Å². The van der Waals surface area contributed by atoms with E-state index in [0.29, 0.717) is 29.4 Å². The summed E-state index contributed by atoms with van der Waals surface area (Å²) in [4.78, 5) is 28.1. The predicted molar refractivity (Wildman–Crippen MR) is 159 cm³/mol. The maximum atomic E-state index is 14.6. The largest absolute Gasteiger partial charge is 0.495 e. The van der Waals surface area contributed by atoms with E-state index in [-0.39, 0.29) is 23.0 Å². The summed E-state index contributed by atoms with van der Waals surface area (Å²) in [6.07, 6.45) is 7.57. The van der Waals surface area contributed by atoms with Crippen molar-refractivity contribution in [3.8, 4) is 0 Å². The molecule has 1 aromatic rings. The van der Waals surface area contributed by atoms with Crippen LogP contribution in [0.2, 0.25) is 0 Å². The van der Waals surface area contributed by atoms with Gasteiger partial charge in [-0.25, -0.2) is 4.79 Å². The molecule has 0 aromatic heterocycles. The molecule has 0 saturated heterocycles. The van der Waals surface area contributed by atoms with Crippen LogP contribution in [0.15, 0.2) is 84.4 Å². The van der Waals surface area contributed by atoms with Gasteiger partial charge in [0.15, 0.2) is 5.60 Å². The molecule has 0 heterocycles. The highest BCUT2D eigenvalue weighted by Gasteiger charge is 2.65. The van der Waals surface area contributed by atoms with Crippen LogP contribution in [-0.4, -0.2) is 29.6 Å². The SMILES string of the molecule is C=C(C)O[C@@H]1[C@@H]2[C@@H](OC(=C)C)/C(C)=C\C[C@H]3[C@@H](/C=C(\C)C(=O)[C@@]2(OC(=O)/C=C/c2ccccc2)C[C@@H]1C)C3(C)C. The third kappa shape index (κ3) is 5.75. The Hall–Kier alpha value is -3.34. The van der Waals surface area contributed by atoms with Crippen molar-refractivity contribution < 1.29 is 23.8 Å². The molecule has 0 N–H and O–H groups in total. The first-order valence-electron chi connectivity index (χ1n) is 14.3. The molecule has 3 aliphatic rings. The van der Waals surface area contributed by atoms with Crippen molar-refractivity contribution in [2.24, 2.45) is 29.1 Å². The minimum atomic E-state index is -1.49. The summed E-state index contributed by atoms with van der Waals surface area (Å²) in [5.41, 5.74) is 1.05. The maximum absolute atomic E-state index is 14.6. The van der Waals surface area contributed by atoms with Gasteiger partial charge in [0.2, 0.25) is 5.78 Å². The van der Waals surface area contributed by atoms with Crippen LogP contribution in [0, 0.1) is 29.1 Å². The molecule has 4 rings (SSSR count). The van der Waals surface area contributed by atoms with Gasteiger partial charge < -0.3 is 14.2 Å². The monoisotopic (exact) mass is 544 g/mol. The van der Waals surface area contributed by atoms with E-state index in [1.807, 2.05) is 51.1 Å². The molecule has 0 spiro atoms. The Morgan fingerprint density at radius 2 is 1.70 bits per heavy atom. The molecule has 1 aromatic carbocycles. The lowest BCUT2D eigenvalue weighted by Crippen LogP contribution is -2.54. The van der Waals surface area contributed by atoms with E-state index < -0.39 is 29.7 Å². The van der Waals surface area contributed by atoms with Crippen LogP contribution in [-0.2, 0) is 23.8 Å². The van der Waals surface area contributed by atoms with Crippen LogP contribution < -0.4 is 0 Å². The van der Waals surface area contributed by atoms with Crippen molar-refractivity contribution in [2.75, 3.05) is 0 Å². The number of allylic oxidation sites excluding steroid dienone is 4. The Bertz CT molecular complexity index is 1270. The number of esters is 1. The Balaban J connectivity index is 1.87. The Morgan fingerprint density at radius 3 is 2.33 bits per heavy atom. The summed E-state index contributed by atoms with van der Waals surface area (Å²) in [7, 11) is 0. The summed E-state index contributed by atoms with van der Waals surface area (Å²) in [5, 5.41) is 0. The number of rotatable bonds is 7. The Labute approximate surface area is 239 Å².